The minimum atomic E-state index is -0.447. The molecule has 1 aromatic heterocycles. The highest BCUT2D eigenvalue weighted by Crippen LogP contribution is 2.28. The zero-order valence-electron chi connectivity index (χ0n) is 12.3. The van der Waals surface area contributed by atoms with E-state index < -0.39 is 4.92 Å². The molecule has 0 aliphatic rings. The van der Waals surface area contributed by atoms with E-state index in [1.165, 1.54) is 12.1 Å². The zero-order chi connectivity index (χ0) is 16.4. The number of rotatable bonds is 4. The van der Waals surface area contributed by atoms with Crippen LogP contribution in [-0.4, -0.2) is 9.91 Å². The predicted molar refractivity (Wildman–Crippen MR) is 83.9 cm³/mol. The van der Waals surface area contributed by atoms with Gasteiger partial charge >= 0.3 is 0 Å². The summed E-state index contributed by atoms with van der Waals surface area (Å²) in [5, 5.41) is 11.4. The number of benzene rings is 2. The van der Waals surface area contributed by atoms with E-state index in [0.29, 0.717) is 27.8 Å². The number of hydrogen-bond acceptors (Lipinski definition) is 4. The molecule has 23 heavy (non-hydrogen) atoms. The van der Waals surface area contributed by atoms with E-state index in [4.69, 9.17) is 4.74 Å². The third-order valence-electron chi connectivity index (χ3n) is 3.64. The average molecular weight is 312 g/mol. The first-order valence-electron chi connectivity index (χ1n) is 6.97. The summed E-state index contributed by atoms with van der Waals surface area (Å²) >= 11 is 0. The number of pyridine rings is 1. The Kier molecular flexibility index (Phi) is 3.89. The lowest BCUT2D eigenvalue weighted by atomic mass is 10.1. The fraction of sp³-hybridized carbons (Fsp3) is 0.118. The smallest absolute Gasteiger partial charge is 0.276 e. The van der Waals surface area contributed by atoms with Crippen molar-refractivity contribution in [2.45, 2.75) is 13.5 Å². The number of nitro groups is 1. The Labute approximate surface area is 131 Å². The van der Waals surface area contributed by atoms with Crippen molar-refractivity contribution in [1.29, 1.82) is 0 Å². The van der Waals surface area contributed by atoms with Crippen LogP contribution in [0, 0.1) is 22.9 Å². The molecule has 0 N–H and O–H groups in total. The Bertz CT molecular complexity index is 896. The summed E-state index contributed by atoms with van der Waals surface area (Å²) < 4.78 is 19.5. The second-order valence-corrected chi connectivity index (χ2v) is 5.05. The molecule has 0 saturated carbocycles. The molecular weight excluding hydrogens is 299 g/mol. The first-order chi connectivity index (χ1) is 11.1. The van der Waals surface area contributed by atoms with Gasteiger partial charge in [0.15, 0.2) is 0 Å². The van der Waals surface area contributed by atoms with Gasteiger partial charge in [-0.05, 0) is 31.2 Å². The van der Waals surface area contributed by atoms with Gasteiger partial charge in [0.05, 0.1) is 16.0 Å². The number of halogens is 1. The van der Waals surface area contributed by atoms with Crippen LogP contribution in [0.25, 0.3) is 10.9 Å². The molecule has 6 heteroatoms. The van der Waals surface area contributed by atoms with Crippen LogP contribution in [0.15, 0.2) is 48.7 Å². The minimum Gasteiger partial charge on any atom is -0.488 e. The number of aromatic nitrogens is 1. The molecule has 3 rings (SSSR count). The Balaban J connectivity index is 1.92. The molecule has 0 amide bonds. The molecule has 0 aliphatic carbocycles. The Morgan fingerprint density at radius 1 is 1.22 bits per heavy atom. The first-order valence-corrected chi connectivity index (χ1v) is 6.97. The fourth-order valence-corrected chi connectivity index (χ4v) is 2.43. The molecule has 5 nitrogen and oxygen atoms in total. The van der Waals surface area contributed by atoms with Gasteiger partial charge in [-0.1, -0.05) is 12.1 Å². The van der Waals surface area contributed by atoms with E-state index in [1.807, 2.05) is 0 Å². The van der Waals surface area contributed by atoms with E-state index in [1.54, 1.807) is 43.5 Å². The maximum Gasteiger partial charge on any atom is 0.276 e. The molecule has 0 aliphatic heterocycles. The number of ether oxygens (including phenoxy) is 1. The van der Waals surface area contributed by atoms with Crippen LogP contribution in [-0.2, 0) is 6.61 Å². The van der Waals surface area contributed by atoms with Crippen LogP contribution >= 0.6 is 0 Å². The molecule has 1 heterocycles. The SMILES string of the molecule is Cc1c(OCc2ccc(F)c3cccnc23)cccc1[N+](=O)[O-]. The molecular formula is C17H13FN2O3. The molecule has 116 valence electrons. The predicted octanol–water partition coefficient (Wildman–Crippen LogP) is 4.17. The van der Waals surface area contributed by atoms with Crippen molar-refractivity contribution in [2.75, 3.05) is 0 Å². The van der Waals surface area contributed by atoms with Crippen LogP contribution in [0.3, 0.4) is 0 Å². The fourth-order valence-electron chi connectivity index (χ4n) is 2.43. The molecule has 0 unspecified atom stereocenters. The van der Waals surface area contributed by atoms with Crippen molar-refractivity contribution in [1.82, 2.24) is 4.98 Å². The quantitative estimate of drug-likeness (QED) is 0.535. The number of nitrogens with zero attached hydrogens (tertiary/aromatic N) is 2. The van der Waals surface area contributed by atoms with Crippen molar-refractivity contribution < 1.29 is 14.1 Å². The van der Waals surface area contributed by atoms with Gasteiger partial charge in [0.2, 0.25) is 0 Å². The van der Waals surface area contributed by atoms with Gasteiger partial charge < -0.3 is 4.74 Å². The summed E-state index contributed by atoms with van der Waals surface area (Å²) in [5.41, 5.74) is 1.70. The van der Waals surface area contributed by atoms with Crippen molar-refractivity contribution in [3.63, 3.8) is 0 Å². The molecule has 0 saturated heterocycles. The largest absolute Gasteiger partial charge is 0.488 e. The van der Waals surface area contributed by atoms with E-state index in [-0.39, 0.29) is 18.1 Å². The summed E-state index contributed by atoms with van der Waals surface area (Å²) in [6.45, 7) is 1.78. The number of fused-ring (bicyclic) bond motifs is 1. The zero-order valence-corrected chi connectivity index (χ0v) is 12.3. The second-order valence-electron chi connectivity index (χ2n) is 5.05. The van der Waals surface area contributed by atoms with Crippen molar-refractivity contribution >= 4 is 16.6 Å². The van der Waals surface area contributed by atoms with Gasteiger partial charge in [0.25, 0.3) is 5.69 Å². The maximum absolute atomic E-state index is 13.8. The highest BCUT2D eigenvalue weighted by Gasteiger charge is 2.15. The molecule has 0 spiro atoms. The lowest BCUT2D eigenvalue weighted by Gasteiger charge is -2.11. The standard InChI is InChI=1S/C17H13FN2O3/c1-11-15(20(21)22)5-2-6-16(11)23-10-12-7-8-14(18)13-4-3-9-19-17(12)13/h2-9H,10H2,1H3. The Morgan fingerprint density at radius 2 is 2.04 bits per heavy atom. The average Bonchev–Trinajstić information content (AvgIpc) is 2.55. The topological polar surface area (TPSA) is 65.3 Å². The monoisotopic (exact) mass is 312 g/mol. The summed E-state index contributed by atoms with van der Waals surface area (Å²) in [4.78, 5) is 14.7. The van der Waals surface area contributed by atoms with Crippen LogP contribution in [0.4, 0.5) is 10.1 Å². The summed E-state index contributed by atoms with van der Waals surface area (Å²) in [6, 6.07) is 11.0. The van der Waals surface area contributed by atoms with E-state index in [0.717, 1.165) is 0 Å². The van der Waals surface area contributed by atoms with E-state index in [9.17, 15) is 14.5 Å². The lowest BCUT2D eigenvalue weighted by molar-refractivity contribution is -0.385. The van der Waals surface area contributed by atoms with Crippen LogP contribution < -0.4 is 4.74 Å². The summed E-state index contributed by atoms with van der Waals surface area (Å²) in [5.74, 6) is 0.0796. The van der Waals surface area contributed by atoms with Crippen LogP contribution in [0.1, 0.15) is 11.1 Å². The third kappa shape index (κ3) is 2.83. The normalized spacial score (nSPS) is 10.7. The molecule has 0 radical (unpaired) electrons. The van der Waals surface area contributed by atoms with Crippen molar-refractivity contribution in [2.24, 2.45) is 0 Å². The van der Waals surface area contributed by atoms with Gasteiger partial charge in [-0.25, -0.2) is 4.39 Å². The highest BCUT2D eigenvalue weighted by molar-refractivity contribution is 5.82. The van der Waals surface area contributed by atoms with Crippen molar-refractivity contribution in [3.8, 4) is 5.75 Å². The number of hydrogen-bond donors (Lipinski definition) is 0. The molecule has 3 aromatic rings. The Hall–Kier alpha value is -3.02. The van der Waals surface area contributed by atoms with Gasteiger partial charge in [-0.3, -0.25) is 15.1 Å². The van der Waals surface area contributed by atoms with Gasteiger partial charge in [0.1, 0.15) is 18.2 Å². The van der Waals surface area contributed by atoms with Crippen LogP contribution in [0.2, 0.25) is 0 Å². The van der Waals surface area contributed by atoms with Crippen molar-refractivity contribution in [3.05, 3.63) is 75.7 Å². The lowest BCUT2D eigenvalue weighted by Crippen LogP contribution is -2.01. The second kappa shape index (κ2) is 6.00. The van der Waals surface area contributed by atoms with E-state index >= 15 is 0 Å². The van der Waals surface area contributed by atoms with Gasteiger partial charge in [-0.2, -0.15) is 0 Å². The van der Waals surface area contributed by atoms with Gasteiger partial charge in [-0.15, -0.1) is 0 Å². The maximum atomic E-state index is 13.8. The molecule has 0 fully saturated rings. The minimum absolute atomic E-state index is 0.00425. The third-order valence-corrected chi connectivity index (χ3v) is 3.64. The summed E-state index contributed by atoms with van der Waals surface area (Å²) in [6.07, 6.45) is 1.59. The Morgan fingerprint density at radius 3 is 2.83 bits per heavy atom. The summed E-state index contributed by atoms with van der Waals surface area (Å²) in [7, 11) is 0. The molecule has 0 bridgehead atoms. The van der Waals surface area contributed by atoms with Crippen LogP contribution in [0.5, 0.6) is 5.75 Å². The molecule has 2 aromatic carbocycles. The van der Waals surface area contributed by atoms with E-state index in [2.05, 4.69) is 4.98 Å². The first kappa shape index (κ1) is 14.9. The van der Waals surface area contributed by atoms with Gasteiger partial charge in [0, 0.05) is 23.2 Å². The number of nitro benzene ring substituents is 1. The molecule has 0 atom stereocenters. The highest BCUT2D eigenvalue weighted by atomic mass is 19.1.